The molecule has 0 saturated heterocycles. The highest BCUT2D eigenvalue weighted by Gasteiger charge is 2.02. The summed E-state index contributed by atoms with van der Waals surface area (Å²) in [7, 11) is 1.70. The van der Waals surface area contributed by atoms with Crippen molar-refractivity contribution in [2.24, 2.45) is 5.92 Å². The molecule has 0 aromatic rings. The summed E-state index contributed by atoms with van der Waals surface area (Å²) in [6.07, 6.45) is 6.52. The second-order valence-corrected chi connectivity index (χ2v) is 5.76. The van der Waals surface area contributed by atoms with E-state index in [2.05, 4.69) is 31.4 Å². The minimum atomic E-state index is 0.265. The van der Waals surface area contributed by atoms with Gasteiger partial charge in [0.05, 0.1) is 6.61 Å². The van der Waals surface area contributed by atoms with Crippen molar-refractivity contribution in [3.05, 3.63) is 0 Å². The van der Waals surface area contributed by atoms with E-state index in [9.17, 15) is 0 Å². The fourth-order valence-electron chi connectivity index (χ4n) is 1.80. The summed E-state index contributed by atoms with van der Waals surface area (Å²) >= 11 is 5.20. The lowest BCUT2D eigenvalue weighted by atomic mass is 10.0. The van der Waals surface area contributed by atoms with Crippen molar-refractivity contribution in [2.75, 3.05) is 20.3 Å². The summed E-state index contributed by atoms with van der Waals surface area (Å²) < 4.78 is 5.04. The van der Waals surface area contributed by atoms with Gasteiger partial charge < -0.3 is 15.4 Å². The van der Waals surface area contributed by atoms with Gasteiger partial charge in [-0.2, -0.15) is 0 Å². The van der Waals surface area contributed by atoms with Crippen LogP contribution in [-0.2, 0) is 4.74 Å². The number of ether oxygens (including phenoxy) is 1. The number of methoxy groups -OCH3 is 1. The van der Waals surface area contributed by atoms with Crippen LogP contribution in [0.1, 0.15) is 52.9 Å². The maximum atomic E-state index is 5.20. The van der Waals surface area contributed by atoms with Crippen molar-refractivity contribution in [1.82, 2.24) is 10.6 Å². The molecule has 0 bridgehead atoms. The van der Waals surface area contributed by atoms with Crippen LogP contribution in [-0.4, -0.2) is 31.4 Å². The molecule has 2 N–H and O–H groups in total. The Bertz CT molecular complexity index is 210. The normalized spacial score (nSPS) is 12.5. The van der Waals surface area contributed by atoms with Crippen LogP contribution in [0.5, 0.6) is 0 Å². The van der Waals surface area contributed by atoms with Crippen molar-refractivity contribution >= 4 is 17.3 Å². The Kier molecular flexibility index (Phi) is 11.5. The standard InChI is InChI=1S/C14H30N2OS/c1-12(2)9-7-5-6-8-10-15-14(18)16-13(3)11-17-4/h12-13H,5-11H2,1-4H3,(H2,15,16,18). The van der Waals surface area contributed by atoms with Gasteiger partial charge in [-0.3, -0.25) is 0 Å². The number of nitrogens with one attached hydrogen (secondary N) is 2. The average Bonchev–Trinajstić information content (AvgIpc) is 2.27. The summed E-state index contributed by atoms with van der Waals surface area (Å²) in [6, 6.07) is 0.265. The van der Waals surface area contributed by atoms with E-state index < -0.39 is 0 Å². The lowest BCUT2D eigenvalue weighted by Gasteiger charge is -2.16. The van der Waals surface area contributed by atoms with Crippen LogP contribution in [0.15, 0.2) is 0 Å². The summed E-state index contributed by atoms with van der Waals surface area (Å²) in [5.74, 6) is 0.835. The van der Waals surface area contributed by atoms with E-state index in [1.165, 1.54) is 32.1 Å². The molecule has 0 heterocycles. The van der Waals surface area contributed by atoms with Gasteiger partial charge in [-0.05, 0) is 31.5 Å². The van der Waals surface area contributed by atoms with Crippen molar-refractivity contribution in [3.8, 4) is 0 Å². The van der Waals surface area contributed by atoms with E-state index in [-0.39, 0.29) is 6.04 Å². The Balaban J connectivity index is 3.30. The summed E-state index contributed by atoms with van der Waals surface area (Å²) in [6.45, 7) is 8.27. The first-order chi connectivity index (χ1) is 8.56. The van der Waals surface area contributed by atoms with Crippen molar-refractivity contribution in [2.45, 2.75) is 58.9 Å². The summed E-state index contributed by atoms with van der Waals surface area (Å²) in [5.41, 5.74) is 0. The van der Waals surface area contributed by atoms with Gasteiger partial charge in [-0.1, -0.05) is 39.5 Å². The molecule has 0 aliphatic carbocycles. The lowest BCUT2D eigenvalue weighted by molar-refractivity contribution is 0.179. The molecule has 0 rings (SSSR count). The average molecular weight is 274 g/mol. The highest BCUT2D eigenvalue weighted by atomic mass is 32.1. The van der Waals surface area contributed by atoms with E-state index in [4.69, 9.17) is 17.0 Å². The topological polar surface area (TPSA) is 33.3 Å². The van der Waals surface area contributed by atoms with Gasteiger partial charge in [0.15, 0.2) is 5.11 Å². The monoisotopic (exact) mass is 274 g/mol. The van der Waals surface area contributed by atoms with E-state index >= 15 is 0 Å². The minimum absolute atomic E-state index is 0.265. The Morgan fingerprint density at radius 2 is 1.78 bits per heavy atom. The molecule has 4 heteroatoms. The molecule has 0 spiro atoms. The Hall–Kier alpha value is -0.350. The van der Waals surface area contributed by atoms with Gasteiger partial charge in [-0.25, -0.2) is 0 Å². The molecular formula is C14H30N2OS. The second kappa shape index (κ2) is 11.7. The molecule has 0 amide bonds. The summed E-state index contributed by atoms with van der Waals surface area (Å²) in [4.78, 5) is 0. The van der Waals surface area contributed by atoms with Crippen LogP contribution in [0, 0.1) is 5.92 Å². The quantitative estimate of drug-likeness (QED) is 0.474. The molecule has 108 valence electrons. The van der Waals surface area contributed by atoms with Gasteiger partial charge in [0.2, 0.25) is 0 Å². The minimum Gasteiger partial charge on any atom is -0.383 e. The number of hydrogen-bond acceptors (Lipinski definition) is 2. The molecule has 0 aromatic heterocycles. The number of hydrogen-bond donors (Lipinski definition) is 2. The molecule has 0 saturated carbocycles. The fourth-order valence-corrected chi connectivity index (χ4v) is 2.10. The van der Waals surface area contributed by atoms with Gasteiger partial charge in [-0.15, -0.1) is 0 Å². The predicted octanol–water partition coefficient (Wildman–Crippen LogP) is 3.09. The third-order valence-corrected chi connectivity index (χ3v) is 3.05. The zero-order valence-corrected chi connectivity index (χ0v) is 13.2. The molecule has 1 atom stereocenters. The molecule has 0 fully saturated rings. The van der Waals surface area contributed by atoms with Crippen LogP contribution in [0.4, 0.5) is 0 Å². The third-order valence-electron chi connectivity index (χ3n) is 2.79. The van der Waals surface area contributed by atoms with Crippen molar-refractivity contribution in [1.29, 1.82) is 0 Å². The lowest BCUT2D eigenvalue weighted by Crippen LogP contribution is -2.42. The highest BCUT2D eigenvalue weighted by molar-refractivity contribution is 7.80. The SMILES string of the molecule is COCC(C)NC(=S)NCCCCCCC(C)C. The molecule has 0 aliphatic heterocycles. The van der Waals surface area contributed by atoms with Crippen molar-refractivity contribution < 1.29 is 4.74 Å². The van der Waals surface area contributed by atoms with E-state index in [1.54, 1.807) is 7.11 Å². The van der Waals surface area contributed by atoms with Crippen molar-refractivity contribution in [3.63, 3.8) is 0 Å². The molecule has 3 nitrogen and oxygen atoms in total. The maximum absolute atomic E-state index is 5.20. The van der Waals surface area contributed by atoms with Crippen LogP contribution in [0.3, 0.4) is 0 Å². The predicted molar refractivity (Wildman–Crippen MR) is 83.0 cm³/mol. The first kappa shape index (κ1) is 17.6. The molecule has 0 radical (unpaired) electrons. The van der Waals surface area contributed by atoms with Crippen LogP contribution in [0.25, 0.3) is 0 Å². The van der Waals surface area contributed by atoms with Gasteiger partial charge >= 0.3 is 0 Å². The molecule has 0 aliphatic rings. The summed E-state index contributed by atoms with van der Waals surface area (Å²) in [5, 5.41) is 7.17. The Morgan fingerprint density at radius 1 is 1.11 bits per heavy atom. The molecular weight excluding hydrogens is 244 g/mol. The highest BCUT2D eigenvalue weighted by Crippen LogP contribution is 2.08. The molecule has 0 aromatic carbocycles. The van der Waals surface area contributed by atoms with E-state index in [1.807, 2.05) is 0 Å². The first-order valence-corrected chi connectivity index (χ1v) is 7.50. The Labute approximate surface area is 118 Å². The van der Waals surface area contributed by atoms with Gasteiger partial charge in [0, 0.05) is 19.7 Å². The number of unbranched alkanes of at least 4 members (excludes halogenated alkanes) is 3. The van der Waals surface area contributed by atoms with Crippen LogP contribution >= 0.6 is 12.2 Å². The molecule has 1 unspecified atom stereocenters. The van der Waals surface area contributed by atoms with Gasteiger partial charge in [0.1, 0.15) is 0 Å². The first-order valence-electron chi connectivity index (χ1n) is 7.09. The van der Waals surface area contributed by atoms with E-state index in [0.717, 1.165) is 17.6 Å². The second-order valence-electron chi connectivity index (χ2n) is 5.35. The van der Waals surface area contributed by atoms with E-state index in [0.29, 0.717) is 6.61 Å². The van der Waals surface area contributed by atoms with Gasteiger partial charge in [0.25, 0.3) is 0 Å². The maximum Gasteiger partial charge on any atom is 0.166 e. The largest absolute Gasteiger partial charge is 0.383 e. The number of thiocarbonyl (C=S) groups is 1. The zero-order valence-electron chi connectivity index (χ0n) is 12.4. The smallest absolute Gasteiger partial charge is 0.166 e. The fraction of sp³-hybridized carbons (Fsp3) is 0.929. The number of rotatable bonds is 10. The Morgan fingerprint density at radius 3 is 2.39 bits per heavy atom. The molecule has 18 heavy (non-hydrogen) atoms. The van der Waals surface area contributed by atoms with Crippen LogP contribution < -0.4 is 10.6 Å². The van der Waals surface area contributed by atoms with Crippen LogP contribution in [0.2, 0.25) is 0 Å². The third kappa shape index (κ3) is 12.1. The zero-order chi connectivity index (χ0) is 13.8.